The molecule has 1 heterocycles. The molecule has 1 fully saturated rings. The van der Waals surface area contributed by atoms with Gasteiger partial charge < -0.3 is 10.1 Å². The Morgan fingerprint density at radius 3 is 2.43 bits per heavy atom. The van der Waals surface area contributed by atoms with E-state index in [2.05, 4.69) is 59.0 Å². The Labute approximate surface area is 130 Å². The second-order valence-corrected chi connectivity index (χ2v) is 7.62. The second-order valence-electron chi connectivity index (χ2n) is 7.62. The Morgan fingerprint density at radius 1 is 1.10 bits per heavy atom. The number of aryl methyl sites for hydroxylation is 3. The van der Waals surface area contributed by atoms with E-state index in [4.69, 9.17) is 4.74 Å². The summed E-state index contributed by atoms with van der Waals surface area (Å²) < 4.78 is 6.18. The standard InChI is InChI=1S/C19H31NO/c1-13-10-15(3)17(11-14(13)2)18-16(8-7-9-21-18)12-20-19(4,5)6/h10-11,16,18,20H,7-9,12H2,1-6H3. The van der Waals surface area contributed by atoms with Crippen LogP contribution in [0.25, 0.3) is 0 Å². The Kier molecular flexibility index (Phi) is 5.11. The Morgan fingerprint density at radius 2 is 1.76 bits per heavy atom. The van der Waals surface area contributed by atoms with Gasteiger partial charge in [-0.05, 0) is 76.6 Å². The van der Waals surface area contributed by atoms with Crippen LogP contribution in [0.4, 0.5) is 0 Å². The molecule has 1 saturated heterocycles. The first-order valence-electron chi connectivity index (χ1n) is 8.22. The molecule has 1 aliphatic rings. The van der Waals surface area contributed by atoms with Crippen LogP contribution in [-0.4, -0.2) is 18.7 Å². The van der Waals surface area contributed by atoms with Crippen molar-refractivity contribution in [2.45, 2.75) is 66.0 Å². The molecular formula is C19H31NO. The molecule has 2 unspecified atom stereocenters. The Balaban J connectivity index is 2.20. The van der Waals surface area contributed by atoms with Crippen LogP contribution in [0, 0.1) is 26.7 Å². The zero-order chi connectivity index (χ0) is 15.6. The summed E-state index contributed by atoms with van der Waals surface area (Å²) in [6.07, 6.45) is 2.67. The molecule has 1 aromatic rings. The van der Waals surface area contributed by atoms with Crippen molar-refractivity contribution < 1.29 is 4.74 Å². The molecule has 0 amide bonds. The van der Waals surface area contributed by atoms with Crippen molar-refractivity contribution >= 4 is 0 Å². The third-order valence-electron chi connectivity index (χ3n) is 4.53. The molecule has 0 radical (unpaired) electrons. The Bertz CT molecular complexity index is 487. The van der Waals surface area contributed by atoms with Crippen molar-refractivity contribution in [3.63, 3.8) is 0 Å². The first-order chi connectivity index (χ1) is 9.78. The molecule has 2 rings (SSSR count). The van der Waals surface area contributed by atoms with Crippen LogP contribution in [0.1, 0.15) is 62.0 Å². The zero-order valence-electron chi connectivity index (χ0n) is 14.5. The summed E-state index contributed by atoms with van der Waals surface area (Å²) in [5, 5.41) is 3.66. The van der Waals surface area contributed by atoms with Crippen molar-refractivity contribution in [2.75, 3.05) is 13.2 Å². The van der Waals surface area contributed by atoms with Crippen LogP contribution in [0.5, 0.6) is 0 Å². The maximum atomic E-state index is 6.18. The Hall–Kier alpha value is -0.860. The molecule has 0 aromatic heterocycles. The summed E-state index contributed by atoms with van der Waals surface area (Å²) in [6, 6.07) is 4.64. The van der Waals surface area contributed by atoms with Crippen LogP contribution in [0.15, 0.2) is 12.1 Å². The molecular weight excluding hydrogens is 258 g/mol. The predicted molar refractivity (Wildman–Crippen MR) is 89.8 cm³/mol. The van der Waals surface area contributed by atoms with Gasteiger partial charge in [-0.25, -0.2) is 0 Å². The van der Waals surface area contributed by atoms with E-state index in [9.17, 15) is 0 Å². The molecule has 2 heteroatoms. The van der Waals surface area contributed by atoms with Crippen molar-refractivity contribution in [3.05, 3.63) is 34.4 Å². The van der Waals surface area contributed by atoms with Gasteiger partial charge in [-0.3, -0.25) is 0 Å². The minimum absolute atomic E-state index is 0.167. The fourth-order valence-electron chi connectivity index (χ4n) is 3.12. The fourth-order valence-corrected chi connectivity index (χ4v) is 3.12. The average Bonchev–Trinajstić information content (AvgIpc) is 2.40. The highest BCUT2D eigenvalue weighted by Gasteiger charge is 2.29. The quantitative estimate of drug-likeness (QED) is 0.886. The molecule has 0 spiro atoms. The van der Waals surface area contributed by atoms with E-state index >= 15 is 0 Å². The molecule has 1 aliphatic heterocycles. The summed E-state index contributed by atoms with van der Waals surface area (Å²) in [7, 11) is 0. The van der Waals surface area contributed by atoms with E-state index in [1.165, 1.54) is 35.1 Å². The van der Waals surface area contributed by atoms with Crippen LogP contribution < -0.4 is 5.32 Å². The largest absolute Gasteiger partial charge is 0.373 e. The third kappa shape index (κ3) is 4.31. The van der Waals surface area contributed by atoms with Crippen molar-refractivity contribution in [1.82, 2.24) is 5.32 Å². The molecule has 2 atom stereocenters. The lowest BCUT2D eigenvalue weighted by molar-refractivity contribution is -0.0296. The highest BCUT2D eigenvalue weighted by Crippen LogP contribution is 2.36. The van der Waals surface area contributed by atoms with E-state index in [1.807, 2.05) is 0 Å². The van der Waals surface area contributed by atoms with E-state index in [0.29, 0.717) is 5.92 Å². The summed E-state index contributed by atoms with van der Waals surface area (Å²) in [6.45, 7) is 15.2. The zero-order valence-corrected chi connectivity index (χ0v) is 14.5. The van der Waals surface area contributed by atoms with Crippen molar-refractivity contribution in [2.24, 2.45) is 5.92 Å². The van der Waals surface area contributed by atoms with Crippen molar-refractivity contribution in [1.29, 1.82) is 0 Å². The van der Waals surface area contributed by atoms with Gasteiger partial charge in [0.2, 0.25) is 0 Å². The van der Waals surface area contributed by atoms with Crippen LogP contribution in [0.3, 0.4) is 0 Å². The topological polar surface area (TPSA) is 21.3 Å². The SMILES string of the molecule is Cc1cc(C)c(C2OCCCC2CNC(C)(C)C)cc1C. The van der Waals surface area contributed by atoms with Gasteiger partial charge in [-0.1, -0.05) is 12.1 Å². The smallest absolute Gasteiger partial charge is 0.0867 e. The molecule has 118 valence electrons. The van der Waals surface area contributed by atoms with Crippen LogP contribution in [0.2, 0.25) is 0 Å². The van der Waals surface area contributed by atoms with E-state index in [0.717, 1.165) is 13.2 Å². The second kappa shape index (κ2) is 6.50. The minimum Gasteiger partial charge on any atom is -0.373 e. The summed E-state index contributed by atoms with van der Waals surface area (Å²) in [5.41, 5.74) is 5.66. The first kappa shape index (κ1) is 16.5. The van der Waals surface area contributed by atoms with E-state index in [-0.39, 0.29) is 11.6 Å². The van der Waals surface area contributed by atoms with Crippen LogP contribution >= 0.6 is 0 Å². The molecule has 0 aliphatic carbocycles. The number of nitrogens with one attached hydrogen (secondary N) is 1. The molecule has 0 bridgehead atoms. The van der Waals surface area contributed by atoms with Gasteiger partial charge >= 0.3 is 0 Å². The lowest BCUT2D eigenvalue weighted by Gasteiger charge is -2.35. The number of ether oxygens (including phenoxy) is 1. The average molecular weight is 289 g/mol. The summed E-state index contributed by atoms with van der Waals surface area (Å²) in [4.78, 5) is 0. The van der Waals surface area contributed by atoms with Gasteiger partial charge in [-0.2, -0.15) is 0 Å². The monoisotopic (exact) mass is 289 g/mol. The molecule has 1 N–H and O–H groups in total. The number of hydrogen-bond acceptors (Lipinski definition) is 2. The fraction of sp³-hybridized carbons (Fsp3) is 0.684. The van der Waals surface area contributed by atoms with Gasteiger partial charge in [0.25, 0.3) is 0 Å². The highest BCUT2D eigenvalue weighted by atomic mass is 16.5. The highest BCUT2D eigenvalue weighted by molar-refractivity contribution is 5.38. The third-order valence-corrected chi connectivity index (χ3v) is 4.53. The van der Waals surface area contributed by atoms with Gasteiger partial charge in [0.05, 0.1) is 6.10 Å². The maximum absolute atomic E-state index is 6.18. The van der Waals surface area contributed by atoms with E-state index in [1.54, 1.807) is 0 Å². The lowest BCUT2D eigenvalue weighted by Crippen LogP contribution is -2.41. The number of hydrogen-bond donors (Lipinski definition) is 1. The summed E-state index contributed by atoms with van der Waals surface area (Å²) >= 11 is 0. The van der Waals surface area contributed by atoms with Gasteiger partial charge in [0, 0.05) is 24.6 Å². The molecule has 1 aromatic carbocycles. The van der Waals surface area contributed by atoms with Gasteiger partial charge in [-0.15, -0.1) is 0 Å². The van der Waals surface area contributed by atoms with Gasteiger partial charge in [0.1, 0.15) is 0 Å². The lowest BCUT2D eigenvalue weighted by atomic mass is 9.85. The van der Waals surface area contributed by atoms with Crippen molar-refractivity contribution in [3.8, 4) is 0 Å². The van der Waals surface area contributed by atoms with Crippen LogP contribution in [-0.2, 0) is 4.74 Å². The van der Waals surface area contributed by atoms with E-state index < -0.39 is 0 Å². The molecule has 2 nitrogen and oxygen atoms in total. The number of rotatable bonds is 3. The summed E-state index contributed by atoms with van der Waals surface area (Å²) in [5.74, 6) is 0.568. The predicted octanol–water partition coefficient (Wildman–Crippen LogP) is 4.47. The molecule has 21 heavy (non-hydrogen) atoms. The first-order valence-corrected chi connectivity index (χ1v) is 8.22. The van der Waals surface area contributed by atoms with Gasteiger partial charge in [0.15, 0.2) is 0 Å². The maximum Gasteiger partial charge on any atom is 0.0867 e. The molecule has 0 saturated carbocycles. The normalized spacial score (nSPS) is 23.3. The number of benzene rings is 1. The minimum atomic E-state index is 0.167.